The van der Waals surface area contributed by atoms with Crippen LogP contribution in [0.3, 0.4) is 0 Å². The van der Waals surface area contributed by atoms with Crippen LogP contribution in [0, 0.1) is 6.92 Å². The maximum Gasteiger partial charge on any atom is 0.230 e. The Balaban J connectivity index is 2.18. The maximum absolute atomic E-state index is 12.9. The van der Waals surface area contributed by atoms with Gasteiger partial charge in [-0.1, -0.05) is 35.9 Å². The first-order valence-corrected chi connectivity index (χ1v) is 10.1. The normalized spacial score (nSPS) is 12.9. The van der Waals surface area contributed by atoms with Crippen molar-refractivity contribution in [2.45, 2.75) is 21.9 Å². The average molecular weight is 361 g/mol. The van der Waals surface area contributed by atoms with Gasteiger partial charge < -0.3 is 4.42 Å². The number of benzene rings is 2. The molecule has 1 atom stereocenters. The lowest BCUT2D eigenvalue weighted by molar-refractivity contribution is 0.461. The molecule has 2 aromatic carbocycles. The van der Waals surface area contributed by atoms with Gasteiger partial charge in [0.1, 0.15) is 0 Å². The van der Waals surface area contributed by atoms with E-state index in [9.17, 15) is 12.6 Å². The van der Waals surface area contributed by atoms with Gasteiger partial charge in [0.15, 0.2) is 0 Å². The van der Waals surface area contributed by atoms with Crippen LogP contribution < -0.4 is 0 Å². The lowest BCUT2D eigenvalue weighted by Gasteiger charge is -2.02. The van der Waals surface area contributed by atoms with Crippen LogP contribution >= 0.6 is 0 Å². The molecule has 1 aromatic heterocycles. The van der Waals surface area contributed by atoms with Gasteiger partial charge in [0, 0.05) is 11.8 Å². The first kappa shape index (κ1) is 16.6. The van der Waals surface area contributed by atoms with Crippen molar-refractivity contribution in [3.05, 3.63) is 60.2 Å². The zero-order valence-corrected chi connectivity index (χ0v) is 14.7. The zero-order chi connectivity index (χ0) is 17.3. The van der Waals surface area contributed by atoms with Crippen molar-refractivity contribution in [2.75, 3.05) is 6.26 Å². The maximum atomic E-state index is 12.9. The van der Waals surface area contributed by atoms with Gasteiger partial charge in [0.25, 0.3) is 0 Å². The molecular weight excluding hydrogens is 346 g/mol. The molecule has 0 aliphatic heterocycles. The second-order valence-corrected chi connectivity index (χ2v) is 8.39. The third-order valence-corrected chi connectivity index (χ3v) is 6.04. The summed E-state index contributed by atoms with van der Waals surface area (Å²) >= 11 is 0. The highest BCUT2D eigenvalue weighted by Gasteiger charge is 2.30. The van der Waals surface area contributed by atoms with Crippen LogP contribution in [0.2, 0.25) is 0 Å². The molecule has 0 aliphatic rings. The Labute approximate surface area is 142 Å². The fraction of sp³-hybridized carbons (Fsp3) is 0.118. The van der Waals surface area contributed by atoms with Crippen LogP contribution in [0.25, 0.3) is 11.5 Å². The van der Waals surface area contributed by atoms with Crippen LogP contribution in [-0.2, 0) is 20.6 Å². The number of sulfone groups is 1. The van der Waals surface area contributed by atoms with E-state index < -0.39 is 20.6 Å². The second kappa shape index (κ2) is 6.33. The van der Waals surface area contributed by atoms with E-state index in [4.69, 9.17) is 4.42 Å². The van der Waals surface area contributed by atoms with Crippen LogP contribution in [-0.4, -0.2) is 23.9 Å². The largest absolute Gasteiger partial charge is 0.426 e. The van der Waals surface area contributed by atoms with Gasteiger partial charge in [-0.15, -0.1) is 0 Å². The summed E-state index contributed by atoms with van der Waals surface area (Å²) in [7, 11) is -5.54. The van der Waals surface area contributed by atoms with E-state index in [1.54, 1.807) is 36.4 Å². The van der Waals surface area contributed by atoms with Gasteiger partial charge >= 0.3 is 0 Å². The predicted molar refractivity (Wildman–Crippen MR) is 90.9 cm³/mol. The molecule has 0 N–H and O–H groups in total. The van der Waals surface area contributed by atoms with E-state index in [1.165, 1.54) is 18.4 Å². The standard InChI is InChI=1S/C17H15NO4S2/c1-12-8-10-14(11-9-12)24(20,21)16-17(23(2)19)22-15(18-16)13-6-4-3-5-7-13/h3-11H,1-2H3/t23-/m0/s1. The molecule has 124 valence electrons. The highest BCUT2D eigenvalue weighted by atomic mass is 32.2. The van der Waals surface area contributed by atoms with Gasteiger partial charge in [-0.25, -0.2) is 8.42 Å². The van der Waals surface area contributed by atoms with Gasteiger partial charge in [-0.3, -0.25) is 4.21 Å². The summed E-state index contributed by atoms with van der Waals surface area (Å²) in [6.07, 6.45) is 1.36. The Morgan fingerprint density at radius 1 is 1.00 bits per heavy atom. The third-order valence-electron chi connectivity index (χ3n) is 3.43. The molecule has 0 amide bonds. The van der Waals surface area contributed by atoms with Crippen molar-refractivity contribution >= 4 is 20.6 Å². The van der Waals surface area contributed by atoms with Crippen molar-refractivity contribution in [2.24, 2.45) is 0 Å². The molecule has 3 rings (SSSR count). The highest BCUT2D eigenvalue weighted by molar-refractivity contribution is 7.92. The van der Waals surface area contributed by atoms with Crippen molar-refractivity contribution in [1.29, 1.82) is 0 Å². The van der Waals surface area contributed by atoms with Crippen molar-refractivity contribution in [3.63, 3.8) is 0 Å². The van der Waals surface area contributed by atoms with Gasteiger partial charge in [0.05, 0.1) is 15.7 Å². The number of rotatable bonds is 4. The Morgan fingerprint density at radius 3 is 2.21 bits per heavy atom. The third kappa shape index (κ3) is 3.05. The SMILES string of the molecule is Cc1ccc(S(=O)(=O)c2nc(-c3ccccc3)oc2[S@](C)=O)cc1. The fourth-order valence-electron chi connectivity index (χ4n) is 2.18. The Hall–Kier alpha value is -2.25. The number of nitrogens with zero attached hydrogens (tertiary/aromatic N) is 1. The second-order valence-electron chi connectivity index (χ2n) is 5.25. The minimum absolute atomic E-state index is 0.0905. The molecule has 0 spiro atoms. The summed E-state index contributed by atoms with van der Waals surface area (Å²) in [5, 5.41) is -0.444. The van der Waals surface area contributed by atoms with E-state index in [-0.39, 0.29) is 20.9 Å². The predicted octanol–water partition coefficient (Wildman–Crippen LogP) is 3.22. The molecule has 0 bridgehead atoms. The summed E-state index contributed by atoms with van der Waals surface area (Å²) in [6.45, 7) is 1.87. The van der Waals surface area contributed by atoms with E-state index in [1.807, 2.05) is 13.0 Å². The average Bonchev–Trinajstić information content (AvgIpc) is 3.02. The molecule has 7 heteroatoms. The molecule has 0 fully saturated rings. The van der Waals surface area contributed by atoms with Gasteiger partial charge in [0.2, 0.25) is 25.8 Å². The molecule has 0 saturated carbocycles. The van der Waals surface area contributed by atoms with Crippen LogP contribution in [0.15, 0.2) is 74.0 Å². The highest BCUT2D eigenvalue weighted by Crippen LogP contribution is 2.30. The minimum atomic E-state index is -3.92. The lowest BCUT2D eigenvalue weighted by Crippen LogP contribution is -2.06. The Morgan fingerprint density at radius 2 is 1.62 bits per heavy atom. The minimum Gasteiger partial charge on any atom is -0.426 e. The smallest absolute Gasteiger partial charge is 0.230 e. The molecule has 0 unspecified atom stereocenters. The molecule has 5 nitrogen and oxygen atoms in total. The first-order valence-electron chi connectivity index (χ1n) is 7.11. The summed E-state index contributed by atoms with van der Waals surface area (Å²) in [5.74, 6) is 0.131. The fourth-order valence-corrected chi connectivity index (χ4v) is 4.53. The first-order chi connectivity index (χ1) is 11.4. The van der Waals surface area contributed by atoms with E-state index in [0.29, 0.717) is 5.56 Å². The summed E-state index contributed by atoms with van der Waals surface area (Å²) in [4.78, 5) is 4.21. The number of hydrogen-bond acceptors (Lipinski definition) is 5. The molecule has 0 radical (unpaired) electrons. The van der Waals surface area contributed by atoms with E-state index >= 15 is 0 Å². The zero-order valence-electron chi connectivity index (χ0n) is 13.1. The Kier molecular flexibility index (Phi) is 4.38. The lowest BCUT2D eigenvalue weighted by atomic mass is 10.2. The molecule has 1 heterocycles. The van der Waals surface area contributed by atoms with E-state index in [2.05, 4.69) is 4.98 Å². The Bertz CT molecular complexity index is 991. The summed E-state index contributed by atoms with van der Waals surface area (Å²) < 4.78 is 43.2. The number of aromatic nitrogens is 1. The molecule has 3 aromatic rings. The van der Waals surface area contributed by atoms with Crippen LogP contribution in [0.5, 0.6) is 0 Å². The van der Waals surface area contributed by atoms with Gasteiger partial charge in [-0.2, -0.15) is 4.98 Å². The summed E-state index contributed by atoms with van der Waals surface area (Å²) in [6, 6.07) is 15.3. The van der Waals surface area contributed by atoms with Crippen molar-refractivity contribution < 1.29 is 17.0 Å². The molecule has 24 heavy (non-hydrogen) atoms. The van der Waals surface area contributed by atoms with E-state index in [0.717, 1.165) is 5.56 Å². The van der Waals surface area contributed by atoms with Crippen molar-refractivity contribution in [1.82, 2.24) is 4.98 Å². The number of oxazole rings is 1. The molecule has 0 aliphatic carbocycles. The topological polar surface area (TPSA) is 77.2 Å². The molecule has 0 saturated heterocycles. The number of hydrogen-bond donors (Lipinski definition) is 0. The number of aryl methyl sites for hydroxylation is 1. The summed E-state index contributed by atoms with van der Waals surface area (Å²) in [5.41, 5.74) is 1.56. The molecular formula is C17H15NO4S2. The van der Waals surface area contributed by atoms with Crippen molar-refractivity contribution in [3.8, 4) is 11.5 Å². The van der Waals surface area contributed by atoms with Gasteiger partial charge in [-0.05, 0) is 31.2 Å². The van der Waals surface area contributed by atoms with Crippen LogP contribution in [0.1, 0.15) is 5.56 Å². The monoisotopic (exact) mass is 361 g/mol. The van der Waals surface area contributed by atoms with Crippen LogP contribution in [0.4, 0.5) is 0 Å². The quantitative estimate of drug-likeness (QED) is 0.713.